The number of nitrogens with one attached hydrogen (secondary N) is 1. The zero-order valence-corrected chi connectivity index (χ0v) is 14.7. The Morgan fingerprint density at radius 2 is 1.88 bits per heavy atom. The summed E-state index contributed by atoms with van der Waals surface area (Å²) < 4.78 is 43.5. The highest BCUT2D eigenvalue weighted by Crippen LogP contribution is 2.22. The van der Waals surface area contributed by atoms with Crippen molar-refractivity contribution in [2.45, 2.75) is 38.2 Å². The van der Waals surface area contributed by atoms with Crippen LogP contribution in [0.4, 0.5) is 9.18 Å². The monoisotopic (exact) mass is 361 g/mol. The molecule has 0 aromatic heterocycles. The normalized spacial score (nSPS) is 11.9. The van der Waals surface area contributed by atoms with E-state index < -0.39 is 44.0 Å². The summed E-state index contributed by atoms with van der Waals surface area (Å²) in [6, 6.07) is 1.95. The van der Waals surface area contributed by atoms with Gasteiger partial charge >= 0.3 is 12.1 Å². The molecule has 1 aromatic rings. The molecule has 24 heavy (non-hydrogen) atoms. The number of alkyl carbamates (subject to hydrolysis) is 1. The van der Waals surface area contributed by atoms with E-state index in [-0.39, 0.29) is 17.7 Å². The van der Waals surface area contributed by atoms with Crippen molar-refractivity contribution < 1.29 is 32.2 Å². The van der Waals surface area contributed by atoms with Crippen LogP contribution >= 0.6 is 0 Å². The number of carboxylic acids is 1. The van der Waals surface area contributed by atoms with E-state index in [2.05, 4.69) is 5.32 Å². The molecule has 0 aliphatic heterocycles. The van der Waals surface area contributed by atoms with Gasteiger partial charge in [0.2, 0.25) is 0 Å². The topological polar surface area (TPSA) is 110 Å². The third kappa shape index (κ3) is 5.19. The van der Waals surface area contributed by atoms with E-state index in [9.17, 15) is 22.4 Å². The minimum absolute atomic E-state index is 0.260. The summed E-state index contributed by atoms with van der Waals surface area (Å²) in [7, 11) is -4.03. The molecule has 9 heteroatoms. The fraction of sp³-hybridized carbons (Fsp3) is 0.467. The number of sulfone groups is 1. The van der Waals surface area contributed by atoms with Gasteiger partial charge in [-0.25, -0.2) is 22.4 Å². The summed E-state index contributed by atoms with van der Waals surface area (Å²) >= 11 is 0. The predicted molar refractivity (Wildman–Crippen MR) is 84.4 cm³/mol. The van der Waals surface area contributed by atoms with Crippen molar-refractivity contribution in [1.29, 1.82) is 0 Å². The van der Waals surface area contributed by atoms with Crippen molar-refractivity contribution in [3.05, 3.63) is 29.1 Å². The van der Waals surface area contributed by atoms with Gasteiger partial charge in [0.15, 0.2) is 9.84 Å². The van der Waals surface area contributed by atoms with E-state index in [1.807, 2.05) is 0 Å². The third-order valence-corrected chi connectivity index (χ3v) is 4.68. The van der Waals surface area contributed by atoms with Crippen LogP contribution in [0.2, 0.25) is 0 Å². The number of amides is 1. The molecular weight excluding hydrogens is 341 g/mol. The average molecular weight is 361 g/mol. The summed E-state index contributed by atoms with van der Waals surface area (Å²) in [6.07, 6.45) is -0.782. The number of halogens is 1. The number of hydrogen-bond donors (Lipinski definition) is 2. The molecular formula is C15H20FNO6S. The maximum Gasteiger partial charge on any atom is 0.407 e. The van der Waals surface area contributed by atoms with Crippen molar-refractivity contribution >= 4 is 21.9 Å². The molecule has 1 rings (SSSR count). The van der Waals surface area contributed by atoms with Gasteiger partial charge in [-0.3, -0.25) is 0 Å². The zero-order chi connectivity index (χ0) is 18.7. The number of carbonyl (C=O) groups excluding carboxylic acids is 1. The second-order valence-corrected chi connectivity index (χ2v) is 8.18. The molecule has 134 valence electrons. The lowest BCUT2D eigenvalue weighted by atomic mass is 10.1. The van der Waals surface area contributed by atoms with Crippen LogP contribution in [0.5, 0.6) is 0 Å². The van der Waals surface area contributed by atoms with Gasteiger partial charge in [0.25, 0.3) is 0 Å². The van der Waals surface area contributed by atoms with Gasteiger partial charge in [-0.1, -0.05) is 0 Å². The number of ether oxygens (including phenoxy) is 1. The van der Waals surface area contributed by atoms with Gasteiger partial charge in [0, 0.05) is 12.1 Å². The molecule has 2 N–H and O–H groups in total. The van der Waals surface area contributed by atoms with Crippen LogP contribution in [0.15, 0.2) is 17.0 Å². The Morgan fingerprint density at radius 1 is 1.29 bits per heavy atom. The smallest absolute Gasteiger partial charge is 0.407 e. The average Bonchev–Trinajstić information content (AvgIpc) is 2.38. The first-order chi connectivity index (χ1) is 10.8. The number of aromatic carboxylic acids is 1. The minimum atomic E-state index is -4.03. The Labute approximate surface area is 139 Å². The fourth-order valence-electron chi connectivity index (χ4n) is 1.84. The molecule has 0 saturated heterocycles. The van der Waals surface area contributed by atoms with Crippen LogP contribution in [0.3, 0.4) is 0 Å². The van der Waals surface area contributed by atoms with E-state index in [4.69, 9.17) is 9.84 Å². The number of benzene rings is 1. The molecule has 0 fully saturated rings. The summed E-state index contributed by atoms with van der Waals surface area (Å²) in [5.41, 5.74) is -1.29. The second kappa shape index (κ2) is 7.16. The molecule has 0 spiro atoms. The summed E-state index contributed by atoms with van der Waals surface area (Å²) in [6.45, 7) is 5.90. The van der Waals surface area contributed by atoms with Crippen molar-refractivity contribution in [2.75, 3.05) is 12.3 Å². The third-order valence-electron chi connectivity index (χ3n) is 2.96. The van der Waals surface area contributed by atoms with E-state index in [0.717, 1.165) is 12.1 Å². The second-order valence-electron chi connectivity index (χ2n) is 6.10. The lowest BCUT2D eigenvalue weighted by Gasteiger charge is -2.19. The van der Waals surface area contributed by atoms with Gasteiger partial charge in [-0.2, -0.15) is 0 Å². The van der Waals surface area contributed by atoms with Crippen LogP contribution in [-0.2, 0) is 14.6 Å². The summed E-state index contributed by atoms with van der Waals surface area (Å²) in [5, 5.41) is 11.2. The van der Waals surface area contributed by atoms with Gasteiger partial charge in [0.1, 0.15) is 16.3 Å². The standard InChI is InChI=1S/C15H20FNO6S/c1-9-10(13(18)19)5-6-11(12(9)16)24(21,22)8-7-17-14(20)23-15(2,3)4/h5-6H,7-8H2,1-4H3,(H,17,20)(H,18,19). The molecule has 0 bridgehead atoms. The SMILES string of the molecule is Cc1c(C(=O)O)ccc(S(=O)(=O)CCNC(=O)OC(C)(C)C)c1F. The summed E-state index contributed by atoms with van der Waals surface area (Å²) in [4.78, 5) is 21.8. The van der Waals surface area contributed by atoms with Crippen LogP contribution in [0.25, 0.3) is 0 Å². The molecule has 0 radical (unpaired) electrons. The first-order valence-electron chi connectivity index (χ1n) is 7.07. The van der Waals surface area contributed by atoms with Gasteiger partial charge in [-0.15, -0.1) is 0 Å². The van der Waals surface area contributed by atoms with Crippen molar-refractivity contribution in [3.8, 4) is 0 Å². The highest BCUT2D eigenvalue weighted by atomic mass is 32.2. The number of hydrogen-bond acceptors (Lipinski definition) is 5. The van der Waals surface area contributed by atoms with E-state index in [1.165, 1.54) is 6.92 Å². The van der Waals surface area contributed by atoms with E-state index in [0.29, 0.717) is 0 Å². The highest BCUT2D eigenvalue weighted by Gasteiger charge is 2.24. The largest absolute Gasteiger partial charge is 0.478 e. The quantitative estimate of drug-likeness (QED) is 0.831. The van der Waals surface area contributed by atoms with Crippen LogP contribution in [0, 0.1) is 12.7 Å². The maximum absolute atomic E-state index is 14.2. The van der Waals surface area contributed by atoms with Gasteiger partial charge in [0.05, 0.1) is 11.3 Å². The summed E-state index contributed by atoms with van der Waals surface area (Å²) in [5.74, 6) is -3.00. The molecule has 0 aliphatic carbocycles. The Balaban J connectivity index is 2.85. The first kappa shape index (κ1) is 19.9. The Hall–Kier alpha value is -2.16. The highest BCUT2D eigenvalue weighted by molar-refractivity contribution is 7.91. The maximum atomic E-state index is 14.2. The predicted octanol–water partition coefficient (Wildman–Crippen LogP) is 2.13. The lowest BCUT2D eigenvalue weighted by Crippen LogP contribution is -2.35. The van der Waals surface area contributed by atoms with Crippen molar-refractivity contribution in [1.82, 2.24) is 5.32 Å². The minimum Gasteiger partial charge on any atom is -0.478 e. The van der Waals surface area contributed by atoms with Gasteiger partial charge in [-0.05, 0) is 39.8 Å². The molecule has 7 nitrogen and oxygen atoms in total. The van der Waals surface area contributed by atoms with Crippen LogP contribution in [-0.4, -0.2) is 43.5 Å². The fourth-order valence-corrected chi connectivity index (χ4v) is 3.14. The first-order valence-corrected chi connectivity index (χ1v) is 8.72. The Morgan fingerprint density at radius 3 is 2.38 bits per heavy atom. The zero-order valence-electron chi connectivity index (χ0n) is 13.8. The molecule has 0 unspecified atom stereocenters. The Kier molecular flexibility index (Phi) is 5.94. The van der Waals surface area contributed by atoms with E-state index in [1.54, 1.807) is 20.8 Å². The number of carboxylic acid groups (broad SMARTS) is 1. The van der Waals surface area contributed by atoms with Crippen LogP contribution < -0.4 is 5.32 Å². The lowest BCUT2D eigenvalue weighted by molar-refractivity contribution is 0.0530. The van der Waals surface area contributed by atoms with Crippen LogP contribution in [0.1, 0.15) is 36.7 Å². The molecule has 0 aliphatic rings. The molecule has 1 amide bonds. The van der Waals surface area contributed by atoms with Crippen molar-refractivity contribution in [2.24, 2.45) is 0 Å². The van der Waals surface area contributed by atoms with Crippen molar-refractivity contribution in [3.63, 3.8) is 0 Å². The van der Waals surface area contributed by atoms with Gasteiger partial charge < -0.3 is 15.2 Å². The van der Waals surface area contributed by atoms with E-state index >= 15 is 0 Å². The Bertz CT molecular complexity index is 752. The molecule has 0 heterocycles. The molecule has 0 saturated carbocycles. The molecule has 0 atom stereocenters. The number of rotatable bonds is 5. The number of carbonyl (C=O) groups is 2. The molecule has 1 aromatic carbocycles.